The Balaban J connectivity index is 1.89. The molecule has 0 radical (unpaired) electrons. The van der Waals surface area contributed by atoms with E-state index in [9.17, 15) is 18.0 Å². The second kappa shape index (κ2) is 8.25. The number of nitrogens with zero attached hydrogens (tertiary/aromatic N) is 2. The third-order valence-electron chi connectivity index (χ3n) is 4.00. The molecule has 1 fully saturated rings. The predicted molar refractivity (Wildman–Crippen MR) is 98.6 cm³/mol. The summed E-state index contributed by atoms with van der Waals surface area (Å²) in [5.74, 6) is 1.35. The Bertz CT molecular complexity index is 641. The number of rotatable bonds is 4. The van der Waals surface area contributed by atoms with Gasteiger partial charge in [-0.2, -0.15) is 24.9 Å². The van der Waals surface area contributed by atoms with E-state index in [0.29, 0.717) is 38.4 Å². The molecule has 9 heteroatoms. The third-order valence-corrected chi connectivity index (χ3v) is 5.56. The molecule has 1 aromatic heterocycles. The predicted octanol–water partition coefficient (Wildman–Crippen LogP) is 3.74. The lowest BCUT2D eigenvalue weighted by molar-refractivity contribution is -0.367. The number of carbonyl (C=O) groups is 1. The zero-order chi connectivity index (χ0) is 19.5. The molecular weight excluding hydrogens is 387 g/mol. The monoisotopic (exact) mass is 410 g/mol. The molecule has 2 rings (SSSR count). The van der Waals surface area contributed by atoms with Gasteiger partial charge < -0.3 is 4.90 Å². The minimum absolute atomic E-state index is 0.0289. The number of hydrogen-bond acceptors (Lipinski definition) is 3. The van der Waals surface area contributed by atoms with Crippen molar-refractivity contribution in [2.75, 3.05) is 36.8 Å². The van der Waals surface area contributed by atoms with Crippen LogP contribution in [-0.4, -0.2) is 47.5 Å². The van der Waals surface area contributed by atoms with Gasteiger partial charge in [-0.25, -0.2) is 4.98 Å². The number of H-pyrrole nitrogens is 1. The first-order valence-corrected chi connectivity index (χ1v) is 9.79. The Kier molecular flexibility index (Phi) is 6.71. The first-order valence-electron chi connectivity index (χ1n) is 8.42. The van der Waals surface area contributed by atoms with Crippen LogP contribution in [0, 0.1) is 0 Å². The Labute approximate surface area is 161 Å². The average Bonchev–Trinajstić information content (AvgIpc) is 2.53. The lowest BCUT2D eigenvalue weighted by Crippen LogP contribution is -2.50. The van der Waals surface area contributed by atoms with Gasteiger partial charge in [-0.3, -0.25) is 9.69 Å². The van der Waals surface area contributed by atoms with Crippen LogP contribution in [0.5, 0.6) is 0 Å². The highest BCUT2D eigenvalue weighted by atomic mass is 35.5. The number of thioether (sulfide) groups is 1. The molecule has 26 heavy (non-hydrogen) atoms. The number of aromatic nitrogens is 1. The SMILES string of the molecule is CC(C)(C)SCCC(=O)N1CCN(c2[nH+]cc(C(F)(F)F)cc2Cl)CC1. The van der Waals surface area contributed by atoms with Crippen LogP contribution in [-0.2, 0) is 11.0 Å². The van der Waals surface area contributed by atoms with E-state index in [1.807, 2.05) is 4.90 Å². The maximum absolute atomic E-state index is 12.7. The number of anilines is 1. The van der Waals surface area contributed by atoms with Gasteiger partial charge in [0.2, 0.25) is 5.91 Å². The molecule has 0 spiro atoms. The maximum atomic E-state index is 12.7. The zero-order valence-electron chi connectivity index (χ0n) is 15.1. The summed E-state index contributed by atoms with van der Waals surface area (Å²) in [5.41, 5.74) is -0.809. The van der Waals surface area contributed by atoms with Gasteiger partial charge in [-0.1, -0.05) is 32.4 Å². The van der Waals surface area contributed by atoms with Gasteiger partial charge in [0.25, 0.3) is 5.82 Å². The van der Waals surface area contributed by atoms with E-state index in [1.165, 1.54) is 0 Å². The van der Waals surface area contributed by atoms with E-state index >= 15 is 0 Å². The number of halogens is 4. The Morgan fingerprint density at radius 3 is 2.35 bits per heavy atom. The molecule has 1 aliphatic heterocycles. The van der Waals surface area contributed by atoms with Crippen molar-refractivity contribution in [3.8, 4) is 0 Å². The van der Waals surface area contributed by atoms with Crippen LogP contribution in [0.2, 0.25) is 5.02 Å². The van der Waals surface area contributed by atoms with Crippen molar-refractivity contribution in [1.29, 1.82) is 0 Å². The maximum Gasteiger partial charge on any atom is 0.419 e. The van der Waals surface area contributed by atoms with Gasteiger partial charge in [0.1, 0.15) is 24.3 Å². The summed E-state index contributed by atoms with van der Waals surface area (Å²) in [6, 6.07) is 0.925. The van der Waals surface area contributed by atoms with Gasteiger partial charge in [0.15, 0.2) is 0 Å². The standard InChI is InChI=1S/C17H23ClF3N3OS/c1-16(2,3)26-9-4-14(25)23-5-7-24(8-6-23)15-13(18)10-12(11-22-15)17(19,20)21/h10-11H,4-9H2,1-3H3/p+1. The molecule has 0 bridgehead atoms. The van der Waals surface area contributed by atoms with E-state index in [1.54, 1.807) is 16.7 Å². The summed E-state index contributed by atoms with van der Waals surface area (Å²) in [7, 11) is 0. The quantitative estimate of drug-likeness (QED) is 0.758. The van der Waals surface area contributed by atoms with E-state index in [4.69, 9.17) is 11.6 Å². The van der Waals surface area contributed by atoms with Crippen molar-refractivity contribution >= 4 is 35.1 Å². The number of hydrogen-bond donors (Lipinski definition) is 0. The van der Waals surface area contributed by atoms with Crippen LogP contribution >= 0.6 is 23.4 Å². The van der Waals surface area contributed by atoms with Crippen LogP contribution < -0.4 is 9.88 Å². The van der Waals surface area contributed by atoms with Gasteiger partial charge in [-0.05, 0) is 6.07 Å². The smallest absolute Gasteiger partial charge is 0.335 e. The van der Waals surface area contributed by atoms with Crippen molar-refractivity contribution in [3.05, 3.63) is 22.8 Å². The third kappa shape index (κ3) is 5.94. The fourth-order valence-electron chi connectivity index (χ4n) is 2.65. The Morgan fingerprint density at radius 2 is 1.85 bits per heavy atom. The Hall–Kier alpha value is -1.15. The molecule has 0 saturated carbocycles. The van der Waals surface area contributed by atoms with Gasteiger partial charge >= 0.3 is 6.18 Å². The fraction of sp³-hybridized carbons (Fsp3) is 0.647. The molecule has 1 N–H and O–H groups in total. The van der Waals surface area contributed by atoms with Crippen molar-refractivity contribution in [3.63, 3.8) is 0 Å². The molecule has 0 unspecified atom stereocenters. The largest absolute Gasteiger partial charge is 0.419 e. The molecule has 0 aliphatic carbocycles. The molecular formula is C17H24ClF3N3OS+. The highest BCUT2D eigenvalue weighted by molar-refractivity contribution is 8.00. The molecule has 1 aliphatic rings. The summed E-state index contributed by atoms with van der Waals surface area (Å²) in [4.78, 5) is 18.6. The van der Waals surface area contributed by atoms with Gasteiger partial charge in [-0.15, -0.1) is 0 Å². The van der Waals surface area contributed by atoms with E-state index < -0.39 is 11.7 Å². The molecule has 1 aromatic rings. The Morgan fingerprint density at radius 1 is 1.23 bits per heavy atom. The van der Waals surface area contributed by atoms with E-state index in [2.05, 4.69) is 25.8 Å². The van der Waals surface area contributed by atoms with Gasteiger partial charge in [0.05, 0.1) is 18.7 Å². The molecule has 146 valence electrons. The molecule has 2 heterocycles. The first-order chi connectivity index (χ1) is 12.0. The van der Waals surface area contributed by atoms with E-state index in [-0.39, 0.29) is 15.7 Å². The van der Waals surface area contributed by atoms with E-state index in [0.717, 1.165) is 18.0 Å². The van der Waals surface area contributed by atoms with Gasteiger partial charge in [0, 0.05) is 16.9 Å². The summed E-state index contributed by atoms with van der Waals surface area (Å²) >= 11 is 7.78. The summed E-state index contributed by atoms with van der Waals surface area (Å²) < 4.78 is 38.3. The number of amides is 1. The normalized spacial score (nSPS) is 16.1. The number of alkyl halides is 3. The molecule has 1 amide bonds. The highest BCUT2D eigenvalue weighted by Gasteiger charge is 2.34. The number of carbonyl (C=O) groups excluding carboxylic acids is 1. The fourth-order valence-corrected chi connectivity index (χ4v) is 3.83. The lowest BCUT2D eigenvalue weighted by Gasteiger charge is -2.31. The van der Waals surface area contributed by atoms with Crippen LogP contribution in [0.1, 0.15) is 32.8 Å². The number of piperazine rings is 1. The summed E-state index contributed by atoms with van der Waals surface area (Å²) in [6.07, 6.45) is -3.02. The second-order valence-electron chi connectivity index (χ2n) is 7.16. The number of pyridine rings is 1. The second-order valence-corrected chi connectivity index (χ2v) is 9.49. The van der Waals surface area contributed by atoms with Crippen molar-refractivity contribution in [2.24, 2.45) is 0 Å². The number of nitrogens with one attached hydrogen (secondary N) is 1. The van der Waals surface area contributed by atoms with Crippen LogP contribution in [0.4, 0.5) is 19.0 Å². The molecule has 1 saturated heterocycles. The lowest BCUT2D eigenvalue weighted by atomic mass is 10.2. The topological polar surface area (TPSA) is 37.7 Å². The minimum atomic E-state index is -4.44. The van der Waals surface area contributed by atoms with Crippen LogP contribution in [0.25, 0.3) is 0 Å². The molecule has 4 nitrogen and oxygen atoms in total. The van der Waals surface area contributed by atoms with Crippen LogP contribution in [0.3, 0.4) is 0 Å². The van der Waals surface area contributed by atoms with Crippen molar-refractivity contribution in [2.45, 2.75) is 38.1 Å². The average molecular weight is 411 g/mol. The number of aromatic amines is 1. The first kappa shape index (κ1) is 21.2. The van der Waals surface area contributed by atoms with Crippen LogP contribution in [0.15, 0.2) is 12.3 Å². The summed E-state index contributed by atoms with van der Waals surface area (Å²) in [5, 5.41) is 0.0289. The zero-order valence-corrected chi connectivity index (χ0v) is 16.7. The highest BCUT2D eigenvalue weighted by Crippen LogP contribution is 2.32. The molecule has 0 atom stereocenters. The molecule has 0 aromatic carbocycles. The van der Waals surface area contributed by atoms with Crippen molar-refractivity contribution < 1.29 is 22.9 Å². The summed E-state index contributed by atoms with van der Waals surface area (Å²) in [6.45, 7) is 8.47. The minimum Gasteiger partial charge on any atom is -0.335 e. The van der Waals surface area contributed by atoms with Crippen molar-refractivity contribution in [1.82, 2.24) is 4.90 Å².